The maximum absolute atomic E-state index is 12.6. The van der Waals surface area contributed by atoms with Gasteiger partial charge in [-0.3, -0.25) is 9.59 Å². The molecule has 0 aliphatic carbocycles. The Morgan fingerprint density at radius 3 is 2.79 bits per heavy atom. The van der Waals surface area contributed by atoms with Gasteiger partial charge in [0.15, 0.2) is 17.3 Å². The Kier molecular flexibility index (Phi) is 5.03. The fraction of sp³-hybridized carbons (Fsp3) is 0.200. The van der Waals surface area contributed by atoms with Crippen LogP contribution in [0.15, 0.2) is 47.1 Å². The number of carbonyl (C=O) groups is 2. The van der Waals surface area contributed by atoms with Gasteiger partial charge in [0, 0.05) is 12.1 Å². The molecule has 3 heterocycles. The monoisotopic (exact) mass is 398 g/mol. The first-order valence-electron chi connectivity index (χ1n) is 8.73. The SMILES string of the molecule is Cc1cc(NC(=O)c2ccco2)sc1C(=O)NCc1cccc2c1OCCO2. The third-order valence-electron chi connectivity index (χ3n) is 4.19. The summed E-state index contributed by atoms with van der Waals surface area (Å²) in [4.78, 5) is 25.3. The molecule has 0 saturated heterocycles. The Labute approximate surface area is 165 Å². The van der Waals surface area contributed by atoms with Gasteiger partial charge in [0.25, 0.3) is 11.8 Å². The number of benzene rings is 1. The molecule has 2 amide bonds. The number of rotatable bonds is 5. The summed E-state index contributed by atoms with van der Waals surface area (Å²) in [5, 5.41) is 6.23. The van der Waals surface area contributed by atoms with Crippen LogP contribution < -0.4 is 20.1 Å². The molecule has 1 aliphatic rings. The van der Waals surface area contributed by atoms with E-state index in [-0.39, 0.29) is 17.6 Å². The van der Waals surface area contributed by atoms with Crippen LogP contribution in [0.5, 0.6) is 11.5 Å². The third kappa shape index (κ3) is 3.72. The minimum absolute atomic E-state index is 0.213. The topological polar surface area (TPSA) is 89.8 Å². The number of ether oxygens (including phenoxy) is 2. The van der Waals surface area contributed by atoms with Crippen LogP contribution in [0.1, 0.15) is 31.4 Å². The maximum atomic E-state index is 12.6. The minimum Gasteiger partial charge on any atom is -0.486 e. The van der Waals surface area contributed by atoms with E-state index in [9.17, 15) is 9.59 Å². The van der Waals surface area contributed by atoms with Gasteiger partial charge in [-0.2, -0.15) is 0 Å². The van der Waals surface area contributed by atoms with Crippen molar-refractivity contribution in [2.24, 2.45) is 0 Å². The van der Waals surface area contributed by atoms with Crippen molar-refractivity contribution in [2.45, 2.75) is 13.5 Å². The van der Waals surface area contributed by atoms with E-state index >= 15 is 0 Å². The molecule has 4 rings (SSSR count). The fourth-order valence-electron chi connectivity index (χ4n) is 2.88. The van der Waals surface area contributed by atoms with Crippen molar-refractivity contribution in [1.82, 2.24) is 5.32 Å². The van der Waals surface area contributed by atoms with Crippen LogP contribution in [0.4, 0.5) is 5.00 Å². The summed E-state index contributed by atoms with van der Waals surface area (Å²) in [5.74, 6) is 1.01. The Morgan fingerprint density at radius 1 is 1.11 bits per heavy atom. The number of carbonyl (C=O) groups excluding carboxylic acids is 2. The molecule has 1 aromatic carbocycles. The van der Waals surface area contributed by atoms with Crippen molar-refractivity contribution >= 4 is 28.2 Å². The van der Waals surface area contributed by atoms with Crippen LogP contribution in [0.25, 0.3) is 0 Å². The van der Waals surface area contributed by atoms with Gasteiger partial charge in [-0.1, -0.05) is 12.1 Å². The summed E-state index contributed by atoms with van der Waals surface area (Å²) < 4.78 is 16.3. The first kappa shape index (κ1) is 18.1. The highest BCUT2D eigenvalue weighted by molar-refractivity contribution is 7.18. The van der Waals surface area contributed by atoms with Gasteiger partial charge in [-0.05, 0) is 36.8 Å². The van der Waals surface area contributed by atoms with Crippen molar-refractivity contribution in [3.05, 3.63) is 64.4 Å². The number of hydrogen-bond donors (Lipinski definition) is 2. The van der Waals surface area contributed by atoms with E-state index in [4.69, 9.17) is 13.9 Å². The largest absolute Gasteiger partial charge is 0.486 e. The summed E-state index contributed by atoms with van der Waals surface area (Å²) >= 11 is 1.22. The molecule has 0 fully saturated rings. The second kappa shape index (κ2) is 7.77. The van der Waals surface area contributed by atoms with Crippen LogP contribution in [0.2, 0.25) is 0 Å². The summed E-state index contributed by atoms with van der Waals surface area (Å²) in [7, 11) is 0. The van der Waals surface area contributed by atoms with Gasteiger partial charge in [-0.15, -0.1) is 11.3 Å². The zero-order valence-corrected chi connectivity index (χ0v) is 15.9. The molecule has 7 nitrogen and oxygen atoms in total. The molecule has 144 valence electrons. The highest BCUT2D eigenvalue weighted by Gasteiger charge is 2.19. The highest BCUT2D eigenvalue weighted by atomic mass is 32.1. The van der Waals surface area contributed by atoms with E-state index in [2.05, 4.69) is 10.6 Å². The molecule has 2 aromatic heterocycles. The fourth-order valence-corrected chi connectivity index (χ4v) is 3.86. The second-order valence-corrected chi connectivity index (χ2v) is 7.23. The van der Waals surface area contributed by atoms with Crippen molar-refractivity contribution in [3.8, 4) is 11.5 Å². The average Bonchev–Trinajstić information content (AvgIpc) is 3.36. The zero-order chi connectivity index (χ0) is 19.5. The summed E-state index contributed by atoms with van der Waals surface area (Å²) in [5.41, 5.74) is 1.64. The molecule has 0 spiro atoms. The van der Waals surface area contributed by atoms with E-state index in [0.29, 0.717) is 41.1 Å². The Hall–Kier alpha value is -3.26. The predicted octanol–water partition coefficient (Wildman–Crippen LogP) is 3.60. The molecule has 0 bridgehead atoms. The Morgan fingerprint density at radius 2 is 1.96 bits per heavy atom. The quantitative estimate of drug-likeness (QED) is 0.685. The molecule has 0 unspecified atom stereocenters. The summed E-state index contributed by atoms with van der Waals surface area (Å²) in [6, 6.07) is 10.6. The molecule has 0 saturated carbocycles. The zero-order valence-electron chi connectivity index (χ0n) is 15.1. The average molecular weight is 398 g/mol. The number of furan rings is 1. The molecule has 28 heavy (non-hydrogen) atoms. The number of thiophene rings is 1. The molecule has 0 radical (unpaired) electrons. The maximum Gasteiger partial charge on any atom is 0.291 e. The van der Waals surface area contributed by atoms with Gasteiger partial charge in [0.1, 0.15) is 13.2 Å². The van der Waals surface area contributed by atoms with Crippen LogP contribution in [-0.4, -0.2) is 25.0 Å². The summed E-state index contributed by atoms with van der Waals surface area (Å²) in [6.07, 6.45) is 1.44. The van der Waals surface area contributed by atoms with E-state index < -0.39 is 0 Å². The van der Waals surface area contributed by atoms with Gasteiger partial charge in [-0.25, -0.2) is 0 Å². The van der Waals surface area contributed by atoms with Crippen LogP contribution >= 0.6 is 11.3 Å². The van der Waals surface area contributed by atoms with Crippen LogP contribution in [-0.2, 0) is 6.54 Å². The standard InChI is InChI=1S/C20H18N2O5S/c1-12-10-16(22-19(23)15-6-3-7-25-15)28-18(12)20(24)21-11-13-4-2-5-14-17(13)27-9-8-26-14/h2-7,10H,8-9,11H2,1H3,(H,21,24)(H,22,23). The first-order valence-corrected chi connectivity index (χ1v) is 9.54. The number of nitrogens with one attached hydrogen (secondary N) is 2. The summed E-state index contributed by atoms with van der Waals surface area (Å²) in [6.45, 7) is 3.15. The molecule has 0 atom stereocenters. The van der Waals surface area contributed by atoms with Gasteiger partial charge in [0.05, 0.1) is 16.1 Å². The molecule has 3 aromatic rings. The van der Waals surface area contributed by atoms with Crippen molar-refractivity contribution in [2.75, 3.05) is 18.5 Å². The van der Waals surface area contributed by atoms with E-state index in [1.54, 1.807) is 18.2 Å². The smallest absolute Gasteiger partial charge is 0.291 e. The number of hydrogen-bond acceptors (Lipinski definition) is 6. The van der Waals surface area contributed by atoms with E-state index in [0.717, 1.165) is 11.1 Å². The second-order valence-electron chi connectivity index (χ2n) is 6.18. The Bertz CT molecular complexity index is 1010. The van der Waals surface area contributed by atoms with Gasteiger partial charge in [0.2, 0.25) is 0 Å². The van der Waals surface area contributed by atoms with Crippen molar-refractivity contribution < 1.29 is 23.5 Å². The number of fused-ring (bicyclic) bond motifs is 1. The number of aryl methyl sites for hydroxylation is 1. The van der Waals surface area contributed by atoms with Crippen molar-refractivity contribution in [3.63, 3.8) is 0 Å². The van der Waals surface area contributed by atoms with Gasteiger partial charge >= 0.3 is 0 Å². The molecule has 1 aliphatic heterocycles. The van der Waals surface area contributed by atoms with E-state index in [1.807, 2.05) is 25.1 Å². The van der Waals surface area contributed by atoms with Crippen molar-refractivity contribution in [1.29, 1.82) is 0 Å². The van der Waals surface area contributed by atoms with Crippen LogP contribution in [0.3, 0.4) is 0 Å². The first-order chi connectivity index (χ1) is 13.6. The van der Waals surface area contributed by atoms with Gasteiger partial charge < -0.3 is 24.5 Å². The lowest BCUT2D eigenvalue weighted by Crippen LogP contribution is -2.24. The lowest BCUT2D eigenvalue weighted by Gasteiger charge is -2.21. The van der Waals surface area contributed by atoms with E-state index in [1.165, 1.54) is 17.6 Å². The molecule has 8 heteroatoms. The predicted molar refractivity (Wildman–Crippen MR) is 104 cm³/mol. The third-order valence-corrected chi connectivity index (χ3v) is 5.34. The molecular weight excluding hydrogens is 380 g/mol. The lowest BCUT2D eigenvalue weighted by molar-refractivity contribution is 0.0952. The molecule has 2 N–H and O–H groups in total. The number of amides is 2. The number of para-hydroxylation sites is 1. The lowest BCUT2D eigenvalue weighted by atomic mass is 10.1. The normalized spacial score (nSPS) is 12.5. The van der Waals surface area contributed by atoms with Crippen LogP contribution in [0, 0.1) is 6.92 Å². The Balaban J connectivity index is 1.43. The number of anilines is 1. The molecular formula is C20H18N2O5S. The minimum atomic E-state index is -0.355. The highest BCUT2D eigenvalue weighted by Crippen LogP contribution is 2.33.